The van der Waals surface area contributed by atoms with Crippen LogP contribution in [0.15, 0.2) is 42.7 Å². The molecule has 2 aliphatic heterocycles. The zero-order valence-corrected chi connectivity index (χ0v) is 20.9. The fraction of sp³-hybridized carbons (Fsp3) is 0.458. The van der Waals surface area contributed by atoms with Gasteiger partial charge in [0.2, 0.25) is 10.0 Å². The Hall–Kier alpha value is -2.86. The predicted molar refractivity (Wildman–Crippen MR) is 137 cm³/mol. The van der Waals surface area contributed by atoms with Crippen LogP contribution < -0.4 is 10.2 Å². The third kappa shape index (κ3) is 5.53. The van der Waals surface area contributed by atoms with Crippen molar-refractivity contribution in [1.29, 1.82) is 0 Å². The molecule has 11 heteroatoms. The lowest BCUT2D eigenvalue weighted by molar-refractivity contribution is 0.00702. The molecule has 0 bridgehead atoms. The van der Waals surface area contributed by atoms with Gasteiger partial charge in [0.15, 0.2) is 5.82 Å². The maximum Gasteiger partial charge on any atom is 0.211 e. The fourth-order valence-electron chi connectivity index (χ4n) is 4.48. The summed E-state index contributed by atoms with van der Waals surface area (Å²) in [6.07, 6.45) is 4.26. The Morgan fingerprint density at radius 3 is 2.54 bits per heavy atom. The smallest absolute Gasteiger partial charge is 0.211 e. The Morgan fingerprint density at radius 2 is 1.80 bits per heavy atom. The standard InChI is InChI=1S/C24H31N7O3S/c1-29-9-11-30(12-10-29)19-5-3-18(4-6-19)21-15-22-23(26-8-7-25-22)24(28-21)27-16-20-17-31(13-14-34-20)35(2,32)33/h3-8,15,20H,9-14,16-17H2,1-2H3,(H,27,28)/t20-/m1/s1. The maximum atomic E-state index is 11.9. The Bertz CT molecular complexity index is 1280. The number of hydrogen-bond donors (Lipinski definition) is 1. The lowest BCUT2D eigenvalue weighted by atomic mass is 10.1. The average molecular weight is 498 g/mol. The number of anilines is 2. The average Bonchev–Trinajstić information content (AvgIpc) is 2.87. The summed E-state index contributed by atoms with van der Waals surface area (Å²) >= 11 is 0. The summed E-state index contributed by atoms with van der Waals surface area (Å²) < 4.78 is 31.1. The predicted octanol–water partition coefficient (Wildman–Crippen LogP) is 1.52. The van der Waals surface area contributed by atoms with Gasteiger partial charge in [-0.15, -0.1) is 0 Å². The molecule has 2 aliphatic rings. The number of ether oxygens (including phenoxy) is 1. The molecule has 2 fully saturated rings. The fourth-order valence-corrected chi connectivity index (χ4v) is 5.32. The van der Waals surface area contributed by atoms with Gasteiger partial charge in [-0.3, -0.25) is 4.98 Å². The van der Waals surface area contributed by atoms with Gasteiger partial charge < -0.3 is 19.9 Å². The number of nitrogens with one attached hydrogen (secondary N) is 1. The number of rotatable bonds is 6. The molecule has 0 amide bonds. The molecular weight excluding hydrogens is 466 g/mol. The minimum absolute atomic E-state index is 0.279. The van der Waals surface area contributed by atoms with Gasteiger partial charge in [0.05, 0.1) is 30.2 Å². The number of likely N-dealkylation sites (N-methyl/N-ethyl adjacent to an activating group) is 1. The Morgan fingerprint density at radius 1 is 1.06 bits per heavy atom. The lowest BCUT2D eigenvalue weighted by Crippen LogP contribution is -2.47. The van der Waals surface area contributed by atoms with Crippen molar-refractivity contribution < 1.29 is 13.2 Å². The molecule has 1 atom stereocenters. The summed E-state index contributed by atoms with van der Waals surface area (Å²) in [5.41, 5.74) is 4.42. The van der Waals surface area contributed by atoms with E-state index < -0.39 is 10.0 Å². The second-order valence-electron chi connectivity index (χ2n) is 9.11. The van der Waals surface area contributed by atoms with Gasteiger partial charge in [-0.2, -0.15) is 4.31 Å². The van der Waals surface area contributed by atoms with Crippen molar-refractivity contribution in [3.05, 3.63) is 42.7 Å². The summed E-state index contributed by atoms with van der Waals surface area (Å²) in [4.78, 5) is 18.6. The summed E-state index contributed by atoms with van der Waals surface area (Å²) in [5.74, 6) is 0.605. The molecular formula is C24H31N7O3S. The minimum atomic E-state index is -3.25. The van der Waals surface area contributed by atoms with Gasteiger partial charge in [-0.05, 0) is 25.2 Å². The van der Waals surface area contributed by atoms with Crippen molar-refractivity contribution in [3.8, 4) is 11.3 Å². The molecule has 35 heavy (non-hydrogen) atoms. The van der Waals surface area contributed by atoms with Gasteiger partial charge >= 0.3 is 0 Å². The number of morpholine rings is 1. The molecule has 10 nitrogen and oxygen atoms in total. The first-order valence-corrected chi connectivity index (χ1v) is 13.7. The molecule has 2 saturated heterocycles. The van der Waals surface area contributed by atoms with Crippen molar-refractivity contribution in [2.24, 2.45) is 0 Å². The van der Waals surface area contributed by atoms with Gasteiger partial charge in [0.1, 0.15) is 5.52 Å². The molecule has 5 rings (SSSR count). The Balaban J connectivity index is 1.36. The molecule has 2 aromatic heterocycles. The van der Waals surface area contributed by atoms with Crippen LogP contribution in [-0.4, -0.2) is 104 Å². The monoisotopic (exact) mass is 497 g/mol. The van der Waals surface area contributed by atoms with Crippen molar-refractivity contribution in [2.75, 3.05) is 75.9 Å². The van der Waals surface area contributed by atoms with E-state index in [-0.39, 0.29) is 6.10 Å². The van der Waals surface area contributed by atoms with Gasteiger partial charge in [-0.1, -0.05) is 12.1 Å². The second-order valence-corrected chi connectivity index (χ2v) is 11.1. The maximum absolute atomic E-state index is 11.9. The number of piperazine rings is 1. The number of nitrogens with zero attached hydrogens (tertiary/aromatic N) is 6. The molecule has 0 aliphatic carbocycles. The molecule has 3 aromatic rings. The topological polar surface area (TPSA) is 104 Å². The van der Waals surface area contributed by atoms with Crippen LogP contribution in [0.1, 0.15) is 0 Å². The van der Waals surface area contributed by atoms with Crippen LogP contribution in [0.25, 0.3) is 22.3 Å². The van der Waals surface area contributed by atoms with Gasteiger partial charge in [0.25, 0.3) is 0 Å². The number of sulfonamides is 1. The normalized spacial score (nSPS) is 20.3. The number of hydrogen-bond acceptors (Lipinski definition) is 9. The van der Waals surface area contributed by atoms with Crippen LogP contribution in [0.3, 0.4) is 0 Å². The van der Waals surface area contributed by atoms with Gasteiger partial charge in [0, 0.05) is 69.5 Å². The third-order valence-corrected chi connectivity index (χ3v) is 7.83. The van der Waals surface area contributed by atoms with Crippen LogP contribution in [0.4, 0.5) is 11.5 Å². The molecule has 0 unspecified atom stereocenters. The van der Waals surface area contributed by atoms with E-state index in [1.807, 2.05) is 6.07 Å². The number of pyridine rings is 1. The molecule has 186 valence electrons. The van der Waals surface area contributed by atoms with Crippen LogP contribution >= 0.6 is 0 Å². The lowest BCUT2D eigenvalue weighted by Gasteiger charge is -2.34. The van der Waals surface area contributed by atoms with E-state index in [1.165, 1.54) is 16.2 Å². The van der Waals surface area contributed by atoms with Gasteiger partial charge in [-0.25, -0.2) is 18.4 Å². The van der Waals surface area contributed by atoms with E-state index in [0.717, 1.165) is 43.0 Å². The van der Waals surface area contributed by atoms with Crippen molar-refractivity contribution in [1.82, 2.24) is 24.2 Å². The molecule has 0 radical (unpaired) electrons. The van der Waals surface area contributed by atoms with E-state index in [9.17, 15) is 8.42 Å². The molecule has 1 N–H and O–H groups in total. The molecule has 4 heterocycles. The van der Waals surface area contributed by atoms with Crippen LogP contribution in [0.2, 0.25) is 0 Å². The highest BCUT2D eigenvalue weighted by molar-refractivity contribution is 7.88. The first-order valence-electron chi connectivity index (χ1n) is 11.8. The van der Waals surface area contributed by atoms with Crippen molar-refractivity contribution in [2.45, 2.75) is 6.10 Å². The quantitative estimate of drug-likeness (QED) is 0.543. The molecule has 0 saturated carbocycles. The largest absolute Gasteiger partial charge is 0.374 e. The van der Waals surface area contributed by atoms with E-state index in [2.05, 4.69) is 56.4 Å². The number of fused-ring (bicyclic) bond motifs is 1. The van der Waals surface area contributed by atoms with Crippen molar-refractivity contribution >= 4 is 32.6 Å². The van der Waals surface area contributed by atoms with Crippen LogP contribution in [0, 0.1) is 0 Å². The van der Waals surface area contributed by atoms with E-state index in [0.29, 0.717) is 37.6 Å². The first kappa shape index (κ1) is 23.9. The summed E-state index contributed by atoms with van der Waals surface area (Å²) in [6.45, 7) is 5.64. The SMILES string of the molecule is CN1CCN(c2ccc(-c3cc4nccnc4c(NC[C@@H]4CN(S(C)(=O)=O)CCO4)n3)cc2)CC1. The zero-order chi connectivity index (χ0) is 24.4. The highest BCUT2D eigenvalue weighted by atomic mass is 32.2. The van der Waals surface area contributed by atoms with Crippen LogP contribution in [0.5, 0.6) is 0 Å². The number of aromatic nitrogens is 3. The third-order valence-electron chi connectivity index (χ3n) is 6.56. The first-order chi connectivity index (χ1) is 16.9. The van der Waals surface area contributed by atoms with E-state index in [1.54, 1.807) is 12.4 Å². The summed E-state index contributed by atoms with van der Waals surface area (Å²) in [7, 11) is -1.10. The highest BCUT2D eigenvalue weighted by Gasteiger charge is 2.26. The zero-order valence-electron chi connectivity index (χ0n) is 20.1. The molecule has 0 spiro atoms. The van der Waals surface area contributed by atoms with Crippen molar-refractivity contribution in [3.63, 3.8) is 0 Å². The Labute approximate surface area is 206 Å². The number of benzene rings is 1. The highest BCUT2D eigenvalue weighted by Crippen LogP contribution is 2.27. The summed E-state index contributed by atoms with van der Waals surface area (Å²) in [5, 5.41) is 3.33. The molecule has 1 aromatic carbocycles. The minimum Gasteiger partial charge on any atom is -0.374 e. The summed E-state index contributed by atoms with van der Waals surface area (Å²) in [6, 6.07) is 10.4. The Kier molecular flexibility index (Phi) is 6.83. The second kappa shape index (κ2) is 10.0. The van der Waals surface area contributed by atoms with E-state index >= 15 is 0 Å². The van der Waals surface area contributed by atoms with Crippen LogP contribution in [-0.2, 0) is 14.8 Å². The van der Waals surface area contributed by atoms with E-state index in [4.69, 9.17) is 9.72 Å².